The fourth-order valence-electron chi connectivity index (χ4n) is 1.47. The summed E-state index contributed by atoms with van der Waals surface area (Å²) in [5.41, 5.74) is 1.04. The topological polar surface area (TPSA) is 42.0 Å². The molecule has 92 valence electrons. The summed E-state index contributed by atoms with van der Waals surface area (Å²) >= 11 is 0. The predicted octanol–water partition coefficient (Wildman–Crippen LogP) is 2.92. The number of aryl methyl sites for hydroxylation is 1. The van der Waals surface area contributed by atoms with Crippen molar-refractivity contribution < 1.29 is 13.6 Å². The Morgan fingerprint density at radius 3 is 2.67 bits per heavy atom. The number of hydrogen-bond donors (Lipinski definition) is 1. The van der Waals surface area contributed by atoms with E-state index in [1.165, 1.54) is 30.5 Å². The summed E-state index contributed by atoms with van der Waals surface area (Å²) in [6.07, 6.45) is 1.21. The second-order valence-electron chi connectivity index (χ2n) is 3.79. The number of amides is 1. The maximum atomic E-state index is 13.0. The molecule has 5 heteroatoms. The molecular formula is C13H10F2N2O. The Morgan fingerprint density at radius 2 is 2.00 bits per heavy atom. The molecule has 2 aromatic rings. The number of nitrogens with zero attached hydrogens (tertiary/aromatic N) is 1. The third kappa shape index (κ3) is 2.68. The van der Waals surface area contributed by atoms with Crippen molar-refractivity contribution in [1.82, 2.24) is 4.98 Å². The summed E-state index contributed by atoms with van der Waals surface area (Å²) in [7, 11) is 0. The first-order chi connectivity index (χ1) is 8.56. The first-order valence-corrected chi connectivity index (χ1v) is 5.25. The minimum Gasteiger partial charge on any atom is -0.322 e. The Bertz CT molecular complexity index is 599. The van der Waals surface area contributed by atoms with Crippen molar-refractivity contribution in [3.05, 3.63) is 59.4 Å². The third-order valence-corrected chi connectivity index (χ3v) is 2.40. The molecule has 0 spiro atoms. The number of anilines is 1. The number of carbonyl (C=O) groups is 1. The van der Waals surface area contributed by atoms with E-state index in [0.29, 0.717) is 11.3 Å². The van der Waals surface area contributed by atoms with Gasteiger partial charge in [0.2, 0.25) is 5.95 Å². The van der Waals surface area contributed by atoms with Crippen LogP contribution >= 0.6 is 0 Å². The molecule has 0 fully saturated rings. The lowest BCUT2D eigenvalue weighted by Crippen LogP contribution is -2.12. The van der Waals surface area contributed by atoms with Crippen LogP contribution in [0, 0.1) is 18.7 Å². The van der Waals surface area contributed by atoms with Crippen LogP contribution in [0.15, 0.2) is 36.5 Å². The lowest BCUT2D eigenvalue weighted by molar-refractivity contribution is 0.102. The van der Waals surface area contributed by atoms with Crippen molar-refractivity contribution in [2.75, 3.05) is 5.32 Å². The van der Waals surface area contributed by atoms with E-state index in [1.54, 1.807) is 6.92 Å². The molecule has 0 radical (unpaired) electrons. The standard InChI is InChI=1S/C13H10F2N2O/c1-8-6-10(2-3-11(8)14)17-13(18)9-4-5-16-12(15)7-9/h2-7H,1H3,(H,17,18). The highest BCUT2D eigenvalue weighted by Crippen LogP contribution is 2.14. The van der Waals surface area contributed by atoms with Crippen molar-refractivity contribution >= 4 is 11.6 Å². The fourth-order valence-corrected chi connectivity index (χ4v) is 1.47. The minimum absolute atomic E-state index is 0.157. The van der Waals surface area contributed by atoms with Gasteiger partial charge in [0.25, 0.3) is 5.91 Å². The lowest BCUT2D eigenvalue weighted by atomic mass is 10.2. The predicted molar refractivity (Wildman–Crippen MR) is 63.3 cm³/mol. The zero-order chi connectivity index (χ0) is 13.1. The van der Waals surface area contributed by atoms with Crippen molar-refractivity contribution in [2.24, 2.45) is 0 Å². The van der Waals surface area contributed by atoms with Gasteiger partial charge < -0.3 is 5.32 Å². The van der Waals surface area contributed by atoms with Gasteiger partial charge in [0.05, 0.1) is 0 Å². The van der Waals surface area contributed by atoms with Crippen molar-refractivity contribution in [3.8, 4) is 0 Å². The smallest absolute Gasteiger partial charge is 0.255 e. The molecule has 0 aliphatic carbocycles. The van der Waals surface area contributed by atoms with E-state index < -0.39 is 11.9 Å². The maximum Gasteiger partial charge on any atom is 0.255 e. The van der Waals surface area contributed by atoms with Crippen molar-refractivity contribution in [3.63, 3.8) is 0 Å². The van der Waals surface area contributed by atoms with Gasteiger partial charge in [-0.1, -0.05) is 0 Å². The molecule has 3 nitrogen and oxygen atoms in total. The number of rotatable bonds is 2. The first kappa shape index (κ1) is 12.2. The molecular weight excluding hydrogens is 238 g/mol. The Hall–Kier alpha value is -2.30. The van der Waals surface area contributed by atoms with E-state index in [2.05, 4.69) is 10.3 Å². The highest BCUT2D eigenvalue weighted by molar-refractivity contribution is 6.04. The van der Waals surface area contributed by atoms with Gasteiger partial charge in [0.1, 0.15) is 5.82 Å². The fraction of sp³-hybridized carbons (Fsp3) is 0.0769. The molecule has 0 aliphatic heterocycles. The molecule has 18 heavy (non-hydrogen) atoms. The molecule has 1 N–H and O–H groups in total. The van der Waals surface area contributed by atoms with Gasteiger partial charge in [-0.2, -0.15) is 4.39 Å². The normalized spacial score (nSPS) is 10.2. The van der Waals surface area contributed by atoms with Gasteiger partial charge in [0, 0.05) is 23.5 Å². The van der Waals surface area contributed by atoms with E-state index in [1.807, 2.05) is 0 Å². The van der Waals surface area contributed by atoms with E-state index in [-0.39, 0.29) is 11.4 Å². The molecule has 0 saturated heterocycles. The van der Waals surface area contributed by atoms with Crippen LogP contribution in [0.4, 0.5) is 14.5 Å². The second-order valence-corrected chi connectivity index (χ2v) is 3.79. The van der Waals surface area contributed by atoms with Gasteiger partial charge >= 0.3 is 0 Å². The molecule has 2 rings (SSSR count). The molecule has 0 aliphatic rings. The van der Waals surface area contributed by atoms with Gasteiger partial charge in [-0.15, -0.1) is 0 Å². The summed E-state index contributed by atoms with van der Waals surface area (Å²) in [5, 5.41) is 2.55. The van der Waals surface area contributed by atoms with Gasteiger partial charge in [-0.25, -0.2) is 9.37 Å². The minimum atomic E-state index is -0.724. The highest BCUT2D eigenvalue weighted by atomic mass is 19.1. The van der Waals surface area contributed by atoms with Crippen LogP contribution < -0.4 is 5.32 Å². The second kappa shape index (κ2) is 4.91. The maximum absolute atomic E-state index is 13.0. The largest absolute Gasteiger partial charge is 0.322 e. The molecule has 1 aromatic heterocycles. The van der Waals surface area contributed by atoms with E-state index in [9.17, 15) is 13.6 Å². The Labute approximate surface area is 102 Å². The number of benzene rings is 1. The molecule has 0 atom stereocenters. The van der Waals surface area contributed by atoms with E-state index in [4.69, 9.17) is 0 Å². The molecule has 1 amide bonds. The lowest BCUT2D eigenvalue weighted by Gasteiger charge is -2.06. The molecule has 1 aromatic carbocycles. The first-order valence-electron chi connectivity index (χ1n) is 5.25. The van der Waals surface area contributed by atoms with E-state index >= 15 is 0 Å². The monoisotopic (exact) mass is 248 g/mol. The third-order valence-electron chi connectivity index (χ3n) is 2.40. The van der Waals surface area contributed by atoms with Crippen LogP contribution in [-0.4, -0.2) is 10.9 Å². The van der Waals surface area contributed by atoms with Gasteiger partial charge in [-0.05, 0) is 36.8 Å². The molecule has 1 heterocycles. The number of hydrogen-bond acceptors (Lipinski definition) is 2. The number of aromatic nitrogens is 1. The summed E-state index contributed by atoms with van der Waals surface area (Å²) < 4.78 is 25.9. The number of halogens is 2. The highest BCUT2D eigenvalue weighted by Gasteiger charge is 2.08. The number of pyridine rings is 1. The van der Waals surface area contributed by atoms with Crippen LogP contribution in [0.3, 0.4) is 0 Å². The van der Waals surface area contributed by atoms with Crippen LogP contribution in [0.5, 0.6) is 0 Å². The summed E-state index contributed by atoms with van der Waals surface area (Å²) in [4.78, 5) is 15.1. The van der Waals surface area contributed by atoms with Crippen molar-refractivity contribution in [1.29, 1.82) is 0 Å². The van der Waals surface area contributed by atoms with Crippen molar-refractivity contribution in [2.45, 2.75) is 6.92 Å². The Balaban J connectivity index is 2.18. The van der Waals surface area contributed by atoms with Gasteiger partial charge in [0.15, 0.2) is 0 Å². The van der Waals surface area contributed by atoms with E-state index in [0.717, 1.165) is 6.07 Å². The zero-order valence-electron chi connectivity index (χ0n) is 9.58. The molecule has 0 unspecified atom stereocenters. The average Bonchev–Trinajstić information content (AvgIpc) is 2.34. The zero-order valence-corrected chi connectivity index (χ0v) is 9.58. The number of carbonyl (C=O) groups excluding carboxylic acids is 1. The van der Waals surface area contributed by atoms with Crippen LogP contribution in [0.25, 0.3) is 0 Å². The van der Waals surface area contributed by atoms with Crippen LogP contribution in [0.2, 0.25) is 0 Å². The molecule has 0 saturated carbocycles. The number of nitrogens with one attached hydrogen (secondary N) is 1. The summed E-state index contributed by atoms with van der Waals surface area (Å²) in [6, 6.07) is 6.64. The van der Waals surface area contributed by atoms with Crippen LogP contribution in [-0.2, 0) is 0 Å². The average molecular weight is 248 g/mol. The summed E-state index contributed by atoms with van der Waals surface area (Å²) in [6.45, 7) is 1.59. The Morgan fingerprint density at radius 1 is 1.22 bits per heavy atom. The molecule has 0 bridgehead atoms. The SMILES string of the molecule is Cc1cc(NC(=O)c2ccnc(F)c2)ccc1F. The quantitative estimate of drug-likeness (QED) is 0.830. The Kier molecular flexibility index (Phi) is 3.32. The summed E-state index contributed by atoms with van der Waals surface area (Å²) in [5.74, 6) is -1.54. The van der Waals surface area contributed by atoms with Crippen LogP contribution in [0.1, 0.15) is 15.9 Å². The van der Waals surface area contributed by atoms with Gasteiger partial charge in [-0.3, -0.25) is 4.79 Å².